The van der Waals surface area contributed by atoms with Crippen molar-refractivity contribution in [3.8, 4) is 0 Å². The molecule has 1 aliphatic carbocycles. The second-order valence-corrected chi connectivity index (χ2v) is 5.09. The van der Waals surface area contributed by atoms with Crippen molar-refractivity contribution >= 4 is 22.9 Å². The smallest absolute Gasteiger partial charge is 0.135 e. The van der Waals surface area contributed by atoms with Crippen LogP contribution < -0.4 is 11.1 Å². The third-order valence-electron chi connectivity index (χ3n) is 3.55. The molecule has 1 saturated carbocycles. The van der Waals surface area contributed by atoms with Gasteiger partial charge in [-0.3, -0.25) is 0 Å². The highest BCUT2D eigenvalue weighted by Crippen LogP contribution is 2.35. The van der Waals surface area contributed by atoms with Gasteiger partial charge in [-0.25, -0.2) is 4.39 Å². The maximum absolute atomic E-state index is 13.7. The highest BCUT2D eigenvalue weighted by atomic mass is 32.1. The van der Waals surface area contributed by atoms with E-state index in [2.05, 4.69) is 5.32 Å². The Morgan fingerprint density at radius 2 is 2.28 bits per heavy atom. The van der Waals surface area contributed by atoms with Crippen LogP contribution in [0.25, 0.3) is 0 Å². The Morgan fingerprint density at radius 1 is 1.56 bits per heavy atom. The lowest BCUT2D eigenvalue weighted by atomic mass is 9.80. The molecule has 0 aromatic heterocycles. The molecule has 1 aromatic carbocycles. The topological polar surface area (TPSA) is 47.3 Å². The van der Waals surface area contributed by atoms with Crippen LogP contribution >= 0.6 is 12.2 Å². The van der Waals surface area contributed by atoms with Crippen molar-refractivity contribution in [3.05, 3.63) is 29.6 Å². The van der Waals surface area contributed by atoms with E-state index >= 15 is 0 Å². The van der Waals surface area contributed by atoms with E-state index in [1.165, 1.54) is 12.5 Å². The summed E-state index contributed by atoms with van der Waals surface area (Å²) in [6, 6.07) is 4.79. The number of hydrogen-bond acceptors (Lipinski definition) is 3. The van der Waals surface area contributed by atoms with Crippen LogP contribution in [0.2, 0.25) is 0 Å². The lowest BCUT2D eigenvalue weighted by Crippen LogP contribution is -2.45. The largest absolute Gasteiger partial charge is 0.389 e. The molecule has 0 atom stereocenters. The highest BCUT2D eigenvalue weighted by Gasteiger charge is 2.36. The van der Waals surface area contributed by atoms with E-state index in [4.69, 9.17) is 22.7 Å². The summed E-state index contributed by atoms with van der Waals surface area (Å²) in [6.45, 7) is 0.690. The first kappa shape index (κ1) is 13.2. The number of nitrogens with two attached hydrogens (primary N) is 1. The van der Waals surface area contributed by atoms with Gasteiger partial charge >= 0.3 is 0 Å². The Balaban J connectivity index is 2.02. The summed E-state index contributed by atoms with van der Waals surface area (Å²) in [5.74, 6) is -0.396. The second kappa shape index (κ2) is 5.20. The van der Waals surface area contributed by atoms with Crippen molar-refractivity contribution in [3.63, 3.8) is 0 Å². The first-order valence-electron chi connectivity index (χ1n) is 5.95. The molecule has 3 nitrogen and oxygen atoms in total. The van der Waals surface area contributed by atoms with Crippen molar-refractivity contribution in [2.24, 2.45) is 5.73 Å². The molecule has 0 amide bonds. The van der Waals surface area contributed by atoms with E-state index in [9.17, 15) is 4.39 Å². The molecule has 2 rings (SSSR count). The van der Waals surface area contributed by atoms with Gasteiger partial charge in [0.2, 0.25) is 0 Å². The molecule has 3 N–H and O–H groups in total. The third kappa shape index (κ3) is 2.62. The molecule has 1 fully saturated rings. The summed E-state index contributed by atoms with van der Waals surface area (Å²) in [4.78, 5) is 0.0754. The molecule has 0 unspecified atom stereocenters. The minimum Gasteiger partial charge on any atom is -0.389 e. The molecule has 98 valence electrons. The van der Waals surface area contributed by atoms with Crippen molar-refractivity contribution in [2.45, 2.75) is 24.9 Å². The van der Waals surface area contributed by atoms with Crippen LogP contribution in [-0.2, 0) is 4.74 Å². The standard InChI is InChI=1S/C13H17FN2OS/c1-17-13(5-2-6-13)8-16-9-3-4-10(12(15)18)11(14)7-9/h3-4,7,16H,2,5-6,8H2,1H3,(H2,15,18). The van der Waals surface area contributed by atoms with E-state index < -0.39 is 5.82 Å². The third-order valence-corrected chi connectivity index (χ3v) is 3.77. The molecule has 1 aliphatic rings. The number of rotatable bonds is 5. The Hall–Kier alpha value is -1.20. The van der Waals surface area contributed by atoms with Crippen LogP contribution in [0.1, 0.15) is 24.8 Å². The van der Waals surface area contributed by atoms with E-state index in [1.807, 2.05) is 0 Å². The molecular weight excluding hydrogens is 251 g/mol. The van der Waals surface area contributed by atoms with Gasteiger partial charge in [0.1, 0.15) is 10.8 Å². The number of thiocarbonyl (C=S) groups is 1. The van der Waals surface area contributed by atoms with Crippen LogP contribution in [0.3, 0.4) is 0 Å². The van der Waals surface area contributed by atoms with Gasteiger partial charge in [-0.2, -0.15) is 0 Å². The van der Waals surface area contributed by atoms with Gasteiger partial charge in [-0.1, -0.05) is 12.2 Å². The summed E-state index contributed by atoms with van der Waals surface area (Å²) in [6.07, 6.45) is 3.28. The Morgan fingerprint density at radius 3 is 2.72 bits per heavy atom. The number of benzene rings is 1. The van der Waals surface area contributed by atoms with Crippen LogP contribution in [0.5, 0.6) is 0 Å². The fraction of sp³-hybridized carbons (Fsp3) is 0.462. The van der Waals surface area contributed by atoms with E-state index in [-0.39, 0.29) is 16.2 Å². The monoisotopic (exact) mass is 268 g/mol. The van der Waals surface area contributed by atoms with Crippen molar-refractivity contribution in [1.82, 2.24) is 0 Å². The predicted molar refractivity (Wildman–Crippen MR) is 74.4 cm³/mol. The van der Waals surface area contributed by atoms with Crippen LogP contribution in [0.4, 0.5) is 10.1 Å². The molecule has 5 heteroatoms. The summed E-state index contributed by atoms with van der Waals surface area (Å²) in [5, 5.41) is 3.20. The molecule has 0 saturated heterocycles. The number of hydrogen-bond donors (Lipinski definition) is 2. The molecule has 0 radical (unpaired) electrons. The van der Waals surface area contributed by atoms with Gasteiger partial charge in [-0.15, -0.1) is 0 Å². The normalized spacial score (nSPS) is 17.0. The molecule has 0 bridgehead atoms. The SMILES string of the molecule is COC1(CNc2ccc(C(N)=S)c(F)c2)CCC1. The fourth-order valence-corrected chi connectivity index (χ4v) is 2.28. The summed E-state index contributed by atoms with van der Waals surface area (Å²) in [7, 11) is 1.72. The van der Waals surface area contributed by atoms with Gasteiger partial charge in [0.05, 0.1) is 5.60 Å². The van der Waals surface area contributed by atoms with E-state index in [1.54, 1.807) is 19.2 Å². The van der Waals surface area contributed by atoms with Gasteiger partial charge in [0.25, 0.3) is 0 Å². The van der Waals surface area contributed by atoms with Crippen molar-refractivity contribution in [1.29, 1.82) is 0 Å². The Kier molecular flexibility index (Phi) is 3.82. The number of anilines is 1. The lowest BCUT2D eigenvalue weighted by molar-refractivity contribution is -0.0601. The molecule has 1 aromatic rings. The fourth-order valence-electron chi connectivity index (χ4n) is 2.11. The quantitative estimate of drug-likeness (QED) is 0.805. The Bertz CT molecular complexity index is 455. The maximum atomic E-state index is 13.7. The molecule has 0 spiro atoms. The number of ether oxygens (including phenoxy) is 1. The zero-order valence-electron chi connectivity index (χ0n) is 10.3. The van der Waals surface area contributed by atoms with Crippen LogP contribution in [-0.4, -0.2) is 24.2 Å². The van der Waals surface area contributed by atoms with E-state index in [0.29, 0.717) is 6.54 Å². The average molecular weight is 268 g/mol. The van der Waals surface area contributed by atoms with Crippen LogP contribution in [0, 0.1) is 5.82 Å². The van der Waals surface area contributed by atoms with Gasteiger partial charge in [-0.05, 0) is 37.5 Å². The van der Waals surface area contributed by atoms with Crippen molar-refractivity contribution in [2.75, 3.05) is 19.0 Å². The zero-order valence-corrected chi connectivity index (χ0v) is 11.1. The minimum atomic E-state index is -0.396. The van der Waals surface area contributed by atoms with Gasteiger partial charge in [0, 0.05) is 24.9 Å². The zero-order chi connectivity index (χ0) is 13.2. The summed E-state index contributed by atoms with van der Waals surface area (Å²) < 4.78 is 19.2. The first-order chi connectivity index (χ1) is 8.56. The van der Waals surface area contributed by atoms with Gasteiger partial charge < -0.3 is 15.8 Å². The van der Waals surface area contributed by atoms with Crippen molar-refractivity contribution < 1.29 is 9.13 Å². The summed E-state index contributed by atoms with van der Waals surface area (Å²) >= 11 is 4.76. The minimum absolute atomic E-state index is 0.0754. The average Bonchev–Trinajstić information content (AvgIpc) is 2.27. The predicted octanol–water partition coefficient (Wildman–Crippen LogP) is 2.44. The number of nitrogens with one attached hydrogen (secondary N) is 1. The first-order valence-corrected chi connectivity index (χ1v) is 6.35. The lowest BCUT2D eigenvalue weighted by Gasteiger charge is -2.40. The molecule has 0 aliphatic heterocycles. The van der Waals surface area contributed by atoms with Crippen LogP contribution in [0.15, 0.2) is 18.2 Å². The number of methoxy groups -OCH3 is 1. The van der Waals surface area contributed by atoms with E-state index in [0.717, 1.165) is 18.5 Å². The van der Waals surface area contributed by atoms with Gasteiger partial charge in [0.15, 0.2) is 0 Å². The highest BCUT2D eigenvalue weighted by molar-refractivity contribution is 7.80. The molecular formula is C13H17FN2OS. The maximum Gasteiger partial charge on any atom is 0.135 e. The second-order valence-electron chi connectivity index (χ2n) is 4.65. The molecule has 18 heavy (non-hydrogen) atoms. The number of halogens is 1. The molecule has 0 heterocycles. The summed E-state index contributed by atoms with van der Waals surface area (Å²) in [5.41, 5.74) is 6.32. The Labute approximate surface area is 112 Å².